The van der Waals surface area contributed by atoms with Gasteiger partial charge in [-0.05, 0) is 30.6 Å². The molecule has 20 heavy (non-hydrogen) atoms. The van der Waals surface area contributed by atoms with Crippen molar-refractivity contribution in [2.45, 2.75) is 53.4 Å². The molecule has 0 aromatic heterocycles. The van der Waals surface area contributed by atoms with Crippen LogP contribution in [-0.2, 0) is 9.59 Å². The number of carboxylic acids is 1. The summed E-state index contributed by atoms with van der Waals surface area (Å²) in [5.74, 6) is -0.279. The van der Waals surface area contributed by atoms with Gasteiger partial charge < -0.3 is 10.4 Å². The fourth-order valence-electron chi connectivity index (χ4n) is 3.33. The van der Waals surface area contributed by atoms with Gasteiger partial charge in [0.15, 0.2) is 0 Å². The van der Waals surface area contributed by atoms with Crippen LogP contribution in [0.4, 0.5) is 0 Å². The highest BCUT2D eigenvalue weighted by atomic mass is 16.4. The van der Waals surface area contributed by atoms with Crippen molar-refractivity contribution in [2.75, 3.05) is 6.54 Å². The first-order valence-electron chi connectivity index (χ1n) is 7.85. The average molecular weight is 283 g/mol. The third kappa shape index (κ3) is 4.50. The zero-order valence-corrected chi connectivity index (χ0v) is 13.2. The van der Waals surface area contributed by atoms with Gasteiger partial charge in [0.25, 0.3) is 0 Å². The number of hydrogen-bond acceptors (Lipinski definition) is 2. The molecule has 1 aliphatic rings. The molecule has 1 rings (SSSR count). The molecule has 0 bridgehead atoms. The van der Waals surface area contributed by atoms with Gasteiger partial charge in [0, 0.05) is 6.54 Å². The summed E-state index contributed by atoms with van der Waals surface area (Å²) in [4.78, 5) is 23.5. The summed E-state index contributed by atoms with van der Waals surface area (Å²) in [5, 5.41) is 12.2. The Morgan fingerprint density at radius 2 is 1.55 bits per heavy atom. The van der Waals surface area contributed by atoms with Crippen molar-refractivity contribution < 1.29 is 14.7 Å². The molecule has 0 unspecified atom stereocenters. The van der Waals surface area contributed by atoms with Crippen molar-refractivity contribution >= 4 is 11.9 Å². The second kappa shape index (κ2) is 7.65. The Hall–Kier alpha value is -1.06. The topological polar surface area (TPSA) is 66.4 Å². The fourth-order valence-corrected chi connectivity index (χ4v) is 3.33. The van der Waals surface area contributed by atoms with Crippen molar-refractivity contribution in [1.29, 1.82) is 0 Å². The Balaban J connectivity index is 2.58. The second-order valence-corrected chi connectivity index (χ2v) is 6.73. The summed E-state index contributed by atoms with van der Waals surface area (Å²) >= 11 is 0. The standard InChI is InChI=1S/C16H29NO3/c1-10(2)14(11(3)4)9-17-15(18)12-7-5-6-8-13(12)16(19)20/h10-14H,5-9H2,1-4H3,(H,17,18)(H,19,20)/t12-,13+/m1/s1. The van der Waals surface area contributed by atoms with E-state index in [-0.39, 0.29) is 11.8 Å². The smallest absolute Gasteiger partial charge is 0.307 e. The van der Waals surface area contributed by atoms with E-state index < -0.39 is 11.9 Å². The predicted molar refractivity (Wildman–Crippen MR) is 79.3 cm³/mol. The van der Waals surface area contributed by atoms with Crippen LogP contribution in [0.1, 0.15) is 53.4 Å². The molecular formula is C16H29NO3. The number of carbonyl (C=O) groups excluding carboxylic acids is 1. The van der Waals surface area contributed by atoms with Crippen LogP contribution in [0.5, 0.6) is 0 Å². The van der Waals surface area contributed by atoms with Crippen molar-refractivity contribution in [3.63, 3.8) is 0 Å². The normalized spacial score (nSPS) is 23.4. The van der Waals surface area contributed by atoms with E-state index in [2.05, 4.69) is 33.0 Å². The van der Waals surface area contributed by atoms with E-state index in [4.69, 9.17) is 0 Å². The van der Waals surface area contributed by atoms with Gasteiger partial charge in [-0.3, -0.25) is 9.59 Å². The minimum Gasteiger partial charge on any atom is -0.481 e. The lowest BCUT2D eigenvalue weighted by atomic mass is 9.78. The van der Waals surface area contributed by atoms with Crippen LogP contribution >= 0.6 is 0 Å². The van der Waals surface area contributed by atoms with Crippen LogP contribution in [0.3, 0.4) is 0 Å². The SMILES string of the molecule is CC(C)C(CNC(=O)[C@@H]1CCCC[C@@H]1C(=O)O)C(C)C. The maximum atomic E-state index is 12.3. The van der Waals surface area contributed by atoms with Crippen molar-refractivity contribution in [1.82, 2.24) is 5.32 Å². The minimum absolute atomic E-state index is 0.0663. The van der Waals surface area contributed by atoms with Gasteiger partial charge in [-0.15, -0.1) is 0 Å². The van der Waals surface area contributed by atoms with E-state index in [0.717, 1.165) is 12.8 Å². The van der Waals surface area contributed by atoms with Crippen molar-refractivity contribution in [3.05, 3.63) is 0 Å². The van der Waals surface area contributed by atoms with Crippen LogP contribution < -0.4 is 5.32 Å². The first kappa shape index (κ1) is 17.0. The molecule has 116 valence electrons. The number of nitrogens with one attached hydrogen (secondary N) is 1. The first-order valence-corrected chi connectivity index (χ1v) is 7.85. The maximum absolute atomic E-state index is 12.3. The number of aliphatic carboxylic acids is 1. The van der Waals surface area contributed by atoms with Gasteiger partial charge in [-0.2, -0.15) is 0 Å². The quantitative estimate of drug-likeness (QED) is 0.787. The molecule has 0 aromatic carbocycles. The summed E-state index contributed by atoms with van der Waals surface area (Å²) in [6.07, 6.45) is 3.21. The minimum atomic E-state index is -0.825. The molecule has 0 radical (unpaired) electrons. The zero-order valence-electron chi connectivity index (χ0n) is 13.2. The molecule has 1 aliphatic carbocycles. The van der Waals surface area contributed by atoms with Crippen LogP contribution in [0.15, 0.2) is 0 Å². The van der Waals surface area contributed by atoms with Gasteiger partial charge in [-0.25, -0.2) is 0 Å². The molecule has 4 nitrogen and oxygen atoms in total. The molecular weight excluding hydrogens is 254 g/mol. The molecule has 0 aromatic rings. The monoisotopic (exact) mass is 283 g/mol. The fraction of sp³-hybridized carbons (Fsp3) is 0.875. The molecule has 1 fully saturated rings. The third-order valence-corrected chi connectivity index (χ3v) is 4.64. The first-order chi connectivity index (χ1) is 9.34. The molecule has 2 atom stereocenters. The number of hydrogen-bond donors (Lipinski definition) is 2. The zero-order chi connectivity index (χ0) is 15.3. The van der Waals surface area contributed by atoms with E-state index in [1.807, 2.05) is 0 Å². The van der Waals surface area contributed by atoms with Crippen molar-refractivity contribution in [2.24, 2.45) is 29.6 Å². The molecule has 2 N–H and O–H groups in total. The summed E-state index contributed by atoms with van der Waals surface area (Å²) < 4.78 is 0. The molecule has 0 spiro atoms. The Labute approximate surface area is 122 Å². The number of carbonyl (C=O) groups is 2. The lowest BCUT2D eigenvalue weighted by molar-refractivity contribution is -0.149. The van der Waals surface area contributed by atoms with E-state index in [9.17, 15) is 14.7 Å². The average Bonchev–Trinajstić information content (AvgIpc) is 2.37. The van der Waals surface area contributed by atoms with E-state index in [1.54, 1.807) is 0 Å². The van der Waals surface area contributed by atoms with Crippen LogP contribution in [0.25, 0.3) is 0 Å². The van der Waals surface area contributed by atoms with Gasteiger partial charge >= 0.3 is 5.97 Å². The molecule has 1 saturated carbocycles. The number of amides is 1. The molecule has 0 saturated heterocycles. The largest absolute Gasteiger partial charge is 0.481 e. The van der Waals surface area contributed by atoms with Gasteiger partial charge in [0.05, 0.1) is 11.8 Å². The highest BCUT2D eigenvalue weighted by molar-refractivity contribution is 5.84. The van der Waals surface area contributed by atoms with Crippen molar-refractivity contribution in [3.8, 4) is 0 Å². The highest BCUT2D eigenvalue weighted by Crippen LogP contribution is 2.30. The highest BCUT2D eigenvalue weighted by Gasteiger charge is 2.35. The number of carboxylic acid groups (broad SMARTS) is 1. The summed E-state index contributed by atoms with van der Waals surface area (Å²) in [6.45, 7) is 9.31. The lowest BCUT2D eigenvalue weighted by Crippen LogP contribution is -2.42. The van der Waals surface area contributed by atoms with E-state index in [0.29, 0.717) is 37.1 Å². The van der Waals surface area contributed by atoms with Gasteiger partial charge in [-0.1, -0.05) is 40.5 Å². The maximum Gasteiger partial charge on any atom is 0.307 e. The Morgan fingerprint density at radius 1 is 1.05 bits per heavy atom. The predicted octanol–water partition coefficient (Wildman–Crippen LogP) is 2.92. The summed E-state index contributed by atoms with van der Waals surface area (Å²) in [5.41, 5.74) is 0. The Morgan fingerprint density at radius 3 is 2.00 bits per heavy atom. The van der Waals surface area contributed by atoms with Gasteiger partial charge in [0.1, 0.15) is 0 Å². The third-order valence-electron chi connectivity index (χ3n) is 4.64. The molecule has 0 aliphatic heterocycles. The van der Waals surface area contributed by atoms with Crippen LogP contribution in [0.2, 0.25) is 0 Å². The summed E-state index contributed by atoms with van der Waals surface area (Å²) in [7, 11) is 0. The molecule has 1 amide bonds. The van der Waals surface area contributed by atoms with Crippen LogP contribution in [-0.4, -0.2) is 23.5 Å². The number of rotatable bonds is 6. The summed E-state index contributed by atoms with van der Waals surface area (Å²) in [6, 6.07) is 0. The Bertz CT molecular complexity index is 331. The molecule has 0 heterocycles. The van der Waals surface area contributed by atoms with Crippen LogP contribution in [0, 0.1) is 29.6 Å². The lowest BCUT2D eigenvalue weighted by Gasteiger charge is -2.30. The van der Waals surface area contributed by atoms with Gasteiger partial charge in [0.2, 0.25) is 5.91 Å². The Kier molecular flexibility index (Phi) is 6.50. The molecule has 4 heteroatoms. The second-order valence-electron chi connectivity index (χ2n) is 6.73. The van der Waals surface area contributed by atoms with E-state index >= 15 is 0 Å². The van der Waals surface area contributed by atoms with E-state index in [1.165, 1.54) is 0 Å².